The van der Waals surface area contributed by atoms with E-state index < -0.39 is 6.29 Å². The third-order valence-electron chi connectivity index (χ3n) is 5.02. The van der Waals surface area contributed by atoms with Crippen molar-refractivity contribution in [3.63, 3.8) is 0 Å². The Morgan fingerprint density at radius 1 is 1.05 bits per heavy atom. The Kier molecular flexibility index (Phi) is 6.10. The zero-order valence-electron chi connectivity index (χ0n) is 14.7. The molecule has 0 aromatic carbocycles. The highest BCUT2D eigenvalue weighted by Gasteiger charge is 2.39. The van der Waals surface area contributed by atoms with Crippen molar-refractivity contribution < 1.29 is 9.84 Å². The third-order valence-corrected chi connectivity index (χ3v) is 5.02. The molecule has 0 aromatic heterocycles. The molecule has 0 bridgehead atoms. The van der Waals surface area contributed by atoms with Gasteiger partial charge in [-0.3, -0.25) is 0 Å². The Balaban J connectivity index is 2.60. The Morgan fingerprint density at radius 2 is 1.55 bits per heavy atom. The molecule has 0 heterocycles. The lowest BCUT2D eigenvalue weighted by atomic mass is 9.75. The molecule has 20 heavy (non-hydrogen) atoms. The van der Waals surface area contributed by atoms with Crippen LogP contribution in [-0.2, 0) is 4.74 Å². The van der Waals surface area contributed by atoms with Crippen LogP contribution in [0.4, 0.5) is 0 Å². The van der Waals surface area contributed by atoms with Crippen molar-refractivity contribution in [1.82, 2.24) is 0 Å². The maximum atomic E-state index is 10.5. The molecular weight excluding hydrogens is 248 g/mol. The van der Waals surface area contributed by atoms with Gasteiger partial charge >= 0.3 is 0 Å². The normalized spacial score (nSPS) is 26.9. The summed E-state index contributed by atoms with van der Waals surface area (Å²) in [5.74, 6) is 1.99. The molecule has 1 N–H and O–H groups in total. The zero-order chi connectivity index (χ0) is 15.6. The molecule has 1 aliphatic rings. The van der Waals surface area contributed by atoms with Gasteiger partial charge in [0, 0.05) is 5.41 Å². The fraction of sp³-hybridized carbons (Fsp3) is 1.00. The first-order chi connectivity index (χ1) is 9.04. The summed E-state index contributed by atoms with van der Waals surface area (Å²) in [4.78, 5) is 0. The second kappa shape index (κ2) is 6.79. The Bertz CT molecular complexity index is 286. The molecule has 0 spiro atoms. The lowest BCUT2D eigenvalue weighted by Crippen LogP contribution is -2.44. The van der Waals surface area contributed by atoms with Gasteiger partial charge in [-0.1, -0.05) is 47.5 Å². The van der Waals surface area contributed by atoms with Crippen LogP contribution in [0.3, 0.4) is 0 Å². The van der Waals surface area contributed by atoms with E-state index in [1.54, 1.807) is 0 Å². The minimum Gasteiger partial charge on any atom is -0.367 e. The summed E-state index contributed by atoms with van der Waals surface area (Å²) in [6.45, 7) is 15.3. The molecule has 0 amide bonds. The summed E-state index contributed by atoms with van der Waals surface area (Å²) in [5, 5.41) is 10.5. The molecular formula is C18H36O2. The summed E-state index contributed by atoms with van der Waals surface area (Å²) in [5.41, 5.74) is -0.415. The summed E-state index contributed by atoms with van der Waals surface area (Å²) in [6, 6.07) is 0. The molecule has 1 rings (SSSR count). The smallest absolute Gasteiger partial charge is 0.160 e. The van der Waals surface area contributed by atoms with E-state index in [4.69, 9.17) is 4.74 Å². The molecule has 120 valence electrons. The highest BCUT2D eigenvalue weighted by molar-refractivity contribution is 4.86. The first-order valence-corrected chi connectivity index (χ1v) is 8.40. The predicted octanol–water partition coefficient (Wildman–Crippen LogP) is 5.00. The van der Waals surface area contributed by atoms with Gasteiger partial charge in [0.05, 0.1) is 5.60 Å². The monoisotopic (exact) mass is 284 g/mol. The van der Waals surface area contributed by atoms with Crippen molar-refractivity contribution in [2.45, 2.75) is 92.5 Å². The van der Waals surface area contributed by atoms with Crippen molar-refractivity contribution >= 4 is 0 Å². The molecule has 2 nitrogen and oxygen atoms in total. The topological polar surface area (TPSA) is 29.5 Å². The number of hydrogen-bond acceptors (Lipinski definition) is 2. The van der Waals surface area contributed by atoms with Gasteiger partial charge in [-0.15, -0.1) is 0 Å². The molecule has 0 aromatic rings. The van der Waals surface area contributed by atoms with Gasteiger partial charge < -0.3 is 9.84 Å². The van der Waals surface area contributed by atoms with Crippen LogP contribution in [0.5, 0.6) is 0 Å². The van der Waals surface area contributed by atoms with E-state index in [9.17, 15) is 5.11 Å². The van der Waals surface area contributed by atoms with Crippen molar-refractivity contribution in [3.8, 4) is 0 Å². The minimum atomic E-state index is -0.681. The number of aliphatic hydroxyl groups excluding tert-OH is 1. The van der Waals surface area contributed by atoms with Crippen LogP contribution in [-0.4, -0.2) is 17.0 Å². The average Bonchev–Trinajstić information content (AvgIpc) is 2.27. The third kappa shape index (κ3) is 5.04. The lowest BCUT2D eigenvalue weighted by molar-refractivity contribution is -0.241. The molecule has 1 unspecified atom stereocenters. The predicted molar refractivity (Wildman–Crippen MR) is 85.5 cm³/mol. The first-order valence-electron chi connectivity index (χ1n) is 8.40. The van der Waals surface area contributed by atoms with Crippen LogP contribution in [0.1, 0.15) is 80.6 Å². The Labute approximate surface area is 126 Å². The standard InChI is InChI=1S/C18H36O2/c1-13(2)12-17(4,5)16(19)20-18(6,7)15-10-8-14(3)9-11-15/h13-16,19H,8-12H2,1-7H3. The maximum absolute atomic E-state index is 10.5. The van der Waals surface area contributed by atoms with E-state index in [2.05, 4.69) is 48.5 Å². The quantitative estimate of drug-likeness (QED) is 0.696. The SMILES string of the molecule is CC(C)CC(C)(C)C(O)OC(C)(C)C1CCC(C)CC1. The van der Waals surface area contributed by atoms with Crippen LogP contribution >= 0.6 is 0 Å². The fourth-order valence-electron chi connectivity index (χ4n) is 3.65. The molecule has 1 fully saturated rings. The van der Waals surface area contributed by atoms with Crippen molar-refractivity contribution in [3.05, 3.63) is 0 Å². The first kappa shape index (κ1) is 18.0. The highest BCUT2D eigenvalue weighted by Crippen LogP contribution is 2.40. The van der Waals surface area contributed by atoms with Gasteiger partial charge in [-0.2, -0.15) is 0 Å². The summed E-state index contributed by atoms with van der Waals surface area (Å²) < 4.78 is 6.13. The molecule has 0 aliphatic heterocycles. The van der Waals surface area contributed by atoms with E-state index in [0.717, 1.165) is 12.3 Å². The summed E-state index contributed by atoms with van der Waals surface area (Å²) in [7, 11) is 0. The largest absolute Gasteiger partial charge is 0.367 e. The Hall–Kier alpha value is -0.0800. The van der Waals surface area contributed by atoms with Gasteiger partial charge in [0.1, 0.15) is 0 Å². The van der Waals surface area contributed by atoms with Crippen LogP contribution in [0, 0.1) is 23.2 Å². The lowest BCUT2D eigenvalue weighted by Gasteiger charge is -2.43. The Morgan fingerprint density at radius 3 is 2.00 bits per heavy atom. The van der Waals surface area contributed by atoms with Crippen molar-refractivity contribution in [2.75, 3.05) is 0 Å². The molecule has 0 radical (unpaired) electrons. The molecule has 1 saturated carbocycles. The van der Waals surface area contributed by atoms with E-state index >= 15 is 0 Å². The highest BCUT2D eigenvalue weighted by atomic mass is 16.6. The van der Waals surface area contributed by atoms with Gasteiger partial charge in [0.15, 0.2) is 6.29 Å². The van der Waals surface area contributed by atoms with Gasteiger partial charge in [0.25, 0.3) is 0 Å². The van der Waals surface area contributed by atoms with E-state index in [1.807, 2.05) is 0 Å². The maximum Gasteiger partial charge on any atom is 0.160 e. The number of hydrogen-bond donors (Lipinski definition) is 1. The van der Waals surface area contributed by atoms with Crippen molar-refractivity contribution in [1.29, 1.82) is 0 Å². The van der Waals surface area contributed by atoms with Gasteiger partial charge in [-0.25, -0.2) is 0 Å². The average molecular weight is 284 g/mol. The number of ether oxygens (including phenoxy) is 1. The summed E-state index contributed by atoms with van der Waals surface area (Å²) >= 11 is 0. The van der Waals surface area contributed by atoms with Gasteiger partial charge in [-0.05, 0) is 50.9 Å². The zero-order valence-corrected chi connectivity index (χ0v) is 14.7. The van der Waals surface area contributed by atoms with Crippen molar-refractivity contribution in [2.24, 2.45) is 23.2 Å². The minimum absolute atomic E-state index is 0.187. The van der Waals surface area contributed by atoms with Crippen LogP contribution in [0.15, 0.2) is 0 Å². The van der Waals surface area contributed by atoms with Gasteiger partial charge in [0.2, 0.25) is 0 Å². The summed E-state index contributed by atoms with van der Waals surface area (Å²) in [6.07, 6.45) is 5.34. The fourth-order valence-corrected chi connectivity index (χ4v) is 3.65. The van der Waals surface area contributed by atoms with E-state index in [-0.39, 0.29) is 11.0 Å². The van der Waals surface area contributed by atoms with E-state index in [1.165, 1.54) is 25.7 Å². The van der Waals surface area contributed by atoms with Crippen LogP contribution in [0.2, 0.25) is 0 Å². The molecule has 1 atom stereocenters. The van der Waals surface area contributed by atoms with E-state index in [0.29, 0.717) is 11.8 Å². The van der Waals surface area contributed by atoms with Crippen LogP contribution in [0.25, 0.3) is 0 Å². The van der Waals surface area contributed by atoms with Crippen LogP contribution < -0.4 is 0 Å². The second-order valence-corrected chi connectivity index (χ2v) is 8.62. The second-order valence-electron chi connectivity index (χ2n) is 8.62. The molecule has 1 aliphatic carbocycles. The number of aliphatic hydroxyl groups is 1. The molecule has 0 saturated heterocycles. The molecule has 2 heteroatoms. The number of rotatable bonds is 6.